The minimum absolute atomic E-state index is 0.0815. The molecular weight excluding hydrogens is 236 g/mol. The van der Waals surface area contributed by atoms with Crippen LogP contribution in [-0.4, -0.2) is 16.5 Å². The van der Waals surface area contributed by atoms with Crippen molar-refractivity contribution in [3.05, 3.63) is 33.9 Å². The topological polar surface area (TPSA) is 111 Å². The number of anilines is 1. The Labute approximate surface area is 103 Å². The molecule has 1 aliphatic heterocycles. The second kappa shape index (κ2) is 4.44. The fourth-order valence-corrected chi connectivity index (χ4v) is 1.86. The van der Waals surface area contributed by atoms with E-state index >= 15 is 0 Å². The third kappa shape index (κ3) is 2.15. The van der Waals surface area contributed by atoms with E-state index in [4.69, 9.17) is 5.73 Å². The van der Waals surface area contributed by atoms with E-state index in [0.29, 0.717) is 17.7 Å². The molecule has 7 nitrogen and oxygen atoms in total. The molecule has 7 heteroatoms. The van der Waals surface area contributed by atoms with Gasteiger partial charge in [-0.15, -0.1) is 0 Å². The Balaban J connectivity index is 2.43. The number of benzene rings is 1. The number of hydrogen-bond acceptors (Lipinski definition) is 5. The first-order valence-electron chi connectivity index (χ1n) is 5.39. The van der Waals surface area contributed by atoms with Crippen LogP contribution >= 0.6 is 0 Å². The number of nitrogens with two attached hydrogens (primary N) is 1. The largest absolute Gasteiger partial charge is 0.393 e. The Morgan fingerprint density at radius 1 is 1.56 bits per heavy atom. The smallest absolute Gasteiger partial charge is 0.292 e. The molecule has 2 rings (SSSR count). The number of nitrogen functional groups attached to an aromatic ring is 1. The van der Waals surface area contributed by atoms with Gasteiger partial charge in [-0.25, -0.2) is 5.43 Å². The molecular formula is C11H12N4O3. The summed E-state index contributed by atoms with van der Waals surface area (Å²) in [5.41, 5.74) is 9.08. The zero-order valence-corrected chi connectivity index (χ0v) is 9.71. The number of nitro benzene ring substituents is 1. The van der Waals surface area contributed by atoms with Crippen molar-refractivity contribution in [2.75, 3.05) is 5.73 Å². The Bertz CT molecular complexity index is 553. The van der Waals surface area contributed by atoms with Gasteiger partial charge in [0.1, 0.15) is 5.69 Å². The molecule has 1 aliphatic rings. The third-order valence-electron chi connectivity index (χ3n) is 2.78. The van der Waals surface area contributed by atoms with Crippen LogP contribution < -0.4 is 11.2 Å². The summed E-state index contributed by atoms with van der Waals surface area (Å²) in [5, 5.41) is 14.8. The lowest BCUT2D eigenvalue weighted by atomic mass is 9.94. The van der Waals surface area contributed by atoms with Crippen LogP contribution in [0.15, 0.2) is 23.3 Å². The van der Waals surface area contributed by atoms with E-state index in [-0.39, 0.29) is 23.2 Å². The van der Waals surface area contributed by atoms with Crippen molar-refractivity contribution in [2.45, 2.75) is 13.3 Å². The number of nitrogens with one attached hydrogen (secondary N) is 1. The van der Waals surface area contributed by atoms with Crippen LogP contribution in [0.3, 0.4) is 0 Å². The van der Waals surface area contributed by atoms with Crippen LogP contribution in [0.25, 0.3) is 0 Å². The summed E-state index contributed by atoms with van der Waals surface area (Å²) in [6.07, 6.45) is 0.316. The molecule has 1 aromatic carbocycles. The molecule has 0 bridgehead atoms. The SMILES string of the molecule is CC1CC(=O)NN=C1c1ccc(N)c([N+](=O)[O-])c1. The summed E-state index contributed by atoms with van der Waals surface area (Å²) >= 11 is 0. The fourth-order valence-electron chi connectivity index (χ4n) is 1.86. The van der Waals surface area contributed by atoms with E-state index in [9.17, 15) is 14.9 Å². The highest BCUT2D eigenvalue weighted by Gasteiger charge is 2.23. The zero-order valence-electron chi connectivity index (χ0n) is 9.71. The molecule has 0 fully saturated rings. The van der Waals surface area contributed by atoms with Gasteiger partial charge in [0.05, 0.1) is 10.6 Å². The van der Waals surface area contributed by atoms with Crippen molar-refractivity contribution in [3.63, 3.8) is 0 Å². The van der Waals surface area contributed by atoms with Crippen molar-refractivity contribution < 1.29 is 9.72 Å². The van der Waals surface area contributed by atoms with Crippen LogP contribution in [0.1, 0.15) is 18.9 Å². The lowest BCUT2D eigenvalue weighted by Gasteiger charge is -2.19. The molecule has 1 heterocycles. The van der Waals surface area contributed by atoms with Gasteiger partial charge in [-0.2, -0.15) is 5.10 Å². The summed E-state index contributed by atoms with van der Waals surface area (Å²) in [6, 6.07) is 4.51. The minimum Gasteiger partial charge on any atom is -0.393 e. The molecule has 0 radical (unpaired) electrons. The number of rotatable bonds is 2. The van der Waals surface area contributed by atoms with Gasteiger partial charge < -0.3 is 5.73 Å². The highest BCUT2D eigenvalue weighted by Crippen LogP contribution is 2.25. The summed E-state index contributed by atoms with van der Waals surface area (Å²) in [4.78, 5) is 21.4. The number of carbonyl (C=O) groups is 1. The first-order valence-corrected chi connectivity index (χ1v) is 5.39. The predicted octanol–water partition coefficient (Wildman–Crippen LogP) is 1.04. The lowest BCUT2D eigenvalue weighted by molar-refractivity contribution is -0.383. The van der Waals surface area contributed by atoms with Gasteiger partial charge in [-0.05, 0) is 6.07 Å². The molecule has 1 aromatic rings. The molecule has 0 aromatic heterocycles. The normalized spacial score (nSPS) is 19.1. The van der Waals surface area contributed by atoms with Gasteiger partial charge in [0.2, 0.25) is 5.91 Å². The average molecular weight is 248 g/mol. The predicted molar refractivity (Wildman–Crippen MR) is 66.0 cm³/mol. The molecule has 1 atom stereocenters. The quantitative estimate of drug-likeness (QED) is 0.462. The van der Waals surface area contributed by atoms with Crippen LogP contribution in [0.5, 0.6) is 0 Å². The first kappa shape index (κ1) is 12.0. The molecule has 1 amide bonds. The average Bonchev–Trinajstić information content (AvgIpc) is 2.30. The molecule has 0 aliphatic carbocycles. The van der Waals surface area contributed by atoms with Crippen LogP contribution in [0.2, 0.25) is 0 Å². The molecule has 1 unspecified atom stereocenters. The van der Waals surface area contributed by atoms with Gasteiger partial charge in [0.25, 0.3) is 5.69 Å². The van der Waals surface area contributed by atoms with Crippen LogP contribution in [-0.2, 0) is 4.79 Å². The van der Waals surface area contributed by atoms with Gasteiger partial charge in [-0.3, -0.25) is 14.9 Å². The minimum atomic E-state index is -0.536. The maximum absolute atomic E-state index is 11.1. The Hall–Kier alpha value is -2.44. The highest BCUT2D eigenvalue weighted by atomic mass is 16.6. The zero-order chi connectivity index (χ0) is 13.3. The second-order valence-electron chi connectivity index (χ2n) is 4.17. The number of nitro groups is 1. The maximum Gasteiger partial charge on any atom is 0.292 e. The van der Waals surface area contributed by atoms with Crippen molar-refractivity contribution in [1.82, 2.24) is 5.43 Å². The fraction of sp³-hybridized carbons (Fsp3) is 0.273. The van der Waals surface area contributed by atoms with E-state index in [0.717, 1.165) is 0 Å². The molecule has 18 heavy (non-hydrogen) atoms. The van der Waals surface area contributed by atoms with Crippen molar-refractivity contribution in [2.24, 2.45) is 11.0 Å². The molecule has 94 valence electrons. The van der Waals surface area contributed by atoms with E-state index in [1.807, 2.05) is 6.92 Å². The summed E-state index contributed by atoms with van der Waals surface area (Å²) in [5.74, 6) is -0.238. The van der Waals surface area contributed by atoms with Crippen molar-refractivity contribution in [1.29, 1.82) is 0 Å². The van der Waals surface area contributed by atoms with E-state index in [2.05, 4.69) is 10.5 Å². The molecule has 0 saturated heterocycles. The highest BCUT2D eigenvalue weighted by molar-refractivity contribution is 6.06. The number of amides is 1. The van der Waals surface area contributed by atoms with E-state index < -0.39 is 4.92 Å². The Kier molecular flexibility index (Phi) is 2.97. The van der Waals surface area contributed by atoms with Crippen molar-refractivity contribution >= 4 is 23.0 Å². The number of carbonyl (C=O) groups excluding carboxylic acids is 1. The van der Waals surface area contributed by atoms with Gasteiger partial charge in [0, 0.05) is 24.0 Å². The maximum atomic E-state index is 11.1. The monoisotopic (exact) mass is 248 g/mol. The third-order valence-corrected chi connectivity index (χ3v) is 2.78. The molecule has 3 N–H and O–H groups in total. The lowest BCUT2D eigenvalue weighted by Crippen LogP contribution is -2.32. The molecule has 0 spiro atoms. The van der Waals surface area contributed by atoms with Crippen LogP contribution in [0, 0.1) is 16.0 Å². The van der Waals surface area contributed by atoms with Gasteiger partial charge in [-0.1, -0.05) is 13.0 Å². The Morgan fingerprint density at radius 3 is 2.89 bits per heavy atom. The second-order valence-corrected chi connectivity index (χ2v) is 4.17. The summed E-state index contributed by atoms with van der Waals surface area (Å²) in [6.45, 7) is 1.85. The first-order chi connectivity index (χ1) is 8.49. The Morgan fingerprint density at radius 2 is 2.28 bits per heavy atom. The van der Waals surface area contributed by atoms with E-state index in [1.54, 1.807) is 6.07 Å². The number of hydrazone groups is 1. The van der Waals surface area contributed by atoms with Crippen LogP contribution in [0.4, 0.5) is 11.4 Å². The van der Waals surface area contributed by atoms with Crippen molar-refractivity contribution in [3.8, 4) is 0 Å². The standard InChI is InChI=1S/C11H12N4O3/c1-6-4-10(16)13-14-11(6)7-2-3-8(12)9(5-7)15(17)18/h2-3,5-6H,4,12H2,1H3,(H,13,16). The number of hydrogen-bond donors (Lipinski definition) is 2. The molecule has 0 saturated carbocycles. The summed E-state index contributed by atoms with van der Waals surface area (Å²) < 4.78 is 0. The summed E-state index contributed by atoms with van der Waals surface area (Å²) in [7, 11) is 0. The van der Waals surface area contributed by atoms with E-state index in [1.165, 1.54) is 12.1 Å². The number of nitrogens with zero attached hydrogens (tertiary/aromatic N) is 2. The van der Waals surface area contributed by atoms with Gasteiger partial charge >= 0.3 is 0 Å². The van der Waals surface area contributed by atoms with Gasteiger partial charge in [0.15, 0.2) is 0 Å².